The summed E-state index contributed by atoms with van der Waals surface area (Å²) in [7, 11) is 3.65. The molecule has 3 aromatic rings. The van der Waals surface area contributed by atoms with Crippen LogP contribution in [0.4, 0.5) is 11.4 Å². The van der Waals surface area contributed by atoms with Crippen LogP contribution in [0.15, 0.2) is 60.7 Å². The Bertz CT molecular complexity index is 1510. The number of nitrogens with zero attached hydrogens (tertiary/aromatic N) is 3. The van der Waals surface area contributed by atoms with Gasteiger partial charge in [0, 0.05) is 26.6 Å². The summed E-state index contributed by atoms with van der Waals surface area (Å²) in [5.74, 6) is -0.785. The van der Waals surface area contributed by atoms with E-state index in [0.29, 0.717) is 6.54 Å². The second-order valence-electron chi connectivity index (χ2n) is 11.4. The number of aliphatic hydroxyl groups excluding tert-OH is 1. The quantitative estimate of drug-likeness (QED) is 0.531. The number of carbonyl (C=O) groups is 2. The molecular formula is C33H37N3O3. The lowest BCUT2D eigenvalue weighted by atomic mass is 9.56. The standard InChI is InChI=1S/C33H37N3O3/c1-7-36(8-2)19-32(24-17-11-13-20(3)26(24)34(5)30(32)38)28-22-15-9-10-16-23(22)29(37)33(28)25-18-12-14-21(4)27(25)35(6)31(33)39/h9-18,28-29,37H,7-8,19H2,1-6H3/t28-,29-,32-,33-/m1/s1. The Hall–Kier alpha value is -3.48. The number of hydrogen-bond donors (Lipinski definition) is 1. The van der Waals surface area contributed by atoms with Gasteiger partial charge in [0.25, 0.3) is 0 Å². The molecule has 6 rings (SSSR count). The minimum absolute atomic E-state index is 0.0245. The zero-order valence-corrected chi connectivity index (χ0v) is 23.7. The highest BCUT2D eigenvalue weighted by Gasteiger charge is 2.72. The zero-order chi connectivity index (χ0) is 27.9. The number of likely N-dealkylation sites (N-methyl/N-ethyl adjacent to an activating group) is 3. The molecule has 1 aliphatic carbocycles. The van der Waals surface area contributed by atoms with Crippen LogP contribution in [0.3, 0.4) is 0 Å². The number of carbonyl (C=O) groups excluding carboxylic acids is 2. The van der Waals surface area contributed by atoms with Gasteiger partial charge in [0.05, 0.1) is 22.9 Å². The van der Waals surface area contributed by atoms with Gasteiger partial charge >= 0.3 is 0 Å². The average molecular weight is 524 g/mol. The summed E-state index contributed by atoms with van der Waals surface area (Å²) in [6.45, 7) is 10.2. The van der Waals surface area contributed by atoms with Crippen LogP contribution in [0.25, 0.3) is 0 Å². The third-order valence-corrected chi connectivity index (χ3v) is 9.77. The molecule has 1 spiro atoms. The van der Waals surface area contributed by atoms with E-state index in [1.165, 1.54) is 0 Å². The van der Waals surface area contributed by atoms with Crippen molar-refractivity contribution in [3.05, 3.63) is 94.0 Å². The molecule has 2 heterocycles. The molecule has 0 fully saturated rings. The van der Waals surface area contributed by atoms with Crippen molar-refractivity contribution in [3.8, 4) is 0 Å². The fraction of sp³-hybridized carbons (Fsp3) is 0.394. The molecule has 0 aromatic heterocycles. The van der Waals surface area contributed by atoms with E-state index in [1.807, 2.05) is 75.5 Å². The number of para-hydroxylation sites is 2. The van der Waals surface area contributed by atoms with Gasteiger partial charge in [-0.3, -0.25) is 9.59 Å². The van der Waals surface area contributed by atoms with Gasteiger partial charge in [-0.1, -0.05) is 74.5 Å². The second kappa shape index (κ2) is 8.77. The first-order chi connectivity index (χ1) is 18.7. The van der Waals surface area contributed by atoms with Gasteiger partial charge in [0.2, 0.25) is 11.8 Å². The molecular weight excluding hydrogens is 486 g/mol. The Balaban J connectivity index is 1.77. The third kappa shape index (κ3) is 2.99. The Labute approximate surface area is 230 Å². The van der Waals surface area contributed by atoms with Crippen LogP contribution in [-0.4, -0.2) is 55.6 Å². The van der Waals surface area contributed by atoms with Crippen molar-refractivity contribution in [3.63, 3.8) is 0 Å². The maximum atomic E-state index is 14.9. The monoisotopic (exact) mass is 523 g/mol. The van der Waals surface area contributed by atoms with E-state index in [2.05, 4.69) is 24.8 Å². The molecule has 6 heteroatoms. The molecule has 0 unspecified atom stereocenters. The van der Waals surface area contributed by atoms with Gasteiger partial charge < -0.3 is 19.8 Å². The summed E-state index contributed by atoms with van der Waals surface area (Å²) in [5, 5.41) is 12.3. The van der Waals surface area contributed by atoms with Crippen molar-refractivity contribution >= 4 is 23.2 Å². The first kappa shape index (κ1) is 25.8. The summed E-state index contributed by atoms with van der Waals surface area (Å²) in [6.07, 6.45) is -1.09. The minimum atomic E-state index is -1.34. The molecule has 6 nitrogen and oxygen atoms in total. The van der Waals surface area contributed by atoms with E-state index < -0.39 is 22.9 Å². The van der Waals surface area contributed by atoms with Gasteiger partial charge in [-0.15, -0.1) is 0 Å². The summed E-state index contributed by atoms with van der Waals surface area (Å²) in [6, 6.07) is 19.9. The van der Waals surface area contributed by atoms with Crippen LogP contribution >= 0.6 is 0 Å². The van der Waals surface area contributed by atoms with Gasteiger partial charge in [0.1, 0.15) is 5.41 Å². The predicted octanol–water partition coefficient (Wildman–Crippen LogP) is 4.60. The minimum Gasteiger partial charge on any atom is -0.387 e. The van der Waals surface area contributed by atoms with E-state index in [-0.39, 0.29) is 11.8 Å². The molecule has 4 atom stereocenters. The van der Waals surface area contributed by atoms with Crippen LogP contribution in [0.1, 0.15) is 59.3 Å². The van der Waals surface area contributed by atoms with Crippen molar-refractivity contribution in [2.45, 2.75) is 50.5 Å². The zero-order valence-electron chi connectivity index (χ0n) is 23.7. The second-order valence-corrected chi connectivity index (χ2v) is 11.4. The van der Waals surface area contributed by atoms with Gasteiger partial charge in [-0.2, -0.15) is 0 Å². The summed E-state index contributed by atoms with van der Waals surface area (Å²) in [5.41, 5.74) is 4.67. The number of rotatable bonds is 5. The maximum Gasteiger partial charge on any atom is 0.241 e. The van der Waals surface area contributed by atoms with Gasteiger partial charge in [-0.25, -0.2) is 0 Å². The molecule has 2 amide bonds. The molecule has 2 aliphatic heterocycles. The predicted molar refractivity (Wildman–Crippen MR) is 154 cm³/mol. The molecule has 39 heavy (non-hydrogen) atoms. The summed E-state index contributed by atoms with van der Waals surface area (Å²) in [4.78, 5) is 35.4. The van der Waals surface area contributed by atoms with E-state index in [1.54, 1.807) is 16.8 Å². The van der Waals surface area contributed by atoms with Crippen LogP contribution in [0.2, 0.25) is 0 Å². The molecule has 1 N–H and O–H groups in total. The number of amides is 2. The fourth-order valence-corrected chi connectivity index (χ4v) is 8.10. The van der Waals surface area contributed by atoms with Crippen LogP contribution in [0.5, 0.6) is 0 Å². The first-order valence-corrected chi connectivity index (χ1v) is 13.9. The van der Waals surface area contributed by atoms with Crippen molar-refractivity contribution in [1.29, 1.82) is 0 Å². The van der Waals surface area contributed by atoms with E-state index in [4.69, 9.17) is 0 Å². The molecule has 202 valence electrons. The Morgan fingerprint density at radius 3 is 1.92 bits per heavy atom. The number of fused-ring (bicyclic) bond motifs is 4. The van der Waals surface area contributed by atoms with Gasteiger partial charge in [0.15, 0.2) is 0 Å². The fourth-order valence-electron chi connectivity index (χ4n) is 8.10. The van der Waals surface area contributed by atoms with Crippen molar-refractivity contribution in [2.75, 3.05) is 43.5 Å². The van der Waals surface area contributed by atoms with E-state index >= 15 is 0 Å². The topological polar surface area (TPSA) is 64.1 Å². The first-order valence-electron chi connectivity index (χ1n) is 13.9. The lowest BCUT2D eigenvalue weighted by molar-refractivity contribution is -0.132. The van der Waals surface area contributed by atoms with Crippen molar-refractivity contribution in [2.24, 2.45) is 0 Å². The molecule has 3 aliphatic rings. The van der Waals surface area contributed by atoms with Crippen molar-refractivity contribution < 1.29 is 14.7 Å². The van der Waals surface area contributed by atoms with Crippen LogP contribution in [0, 0.1) is 13.8 Å². The number of anilines is 2. The average Bonchev–Trinajstić information content (AvgIpc) is 3.43. The third-order valence-electron chi connectivity index (χ3n) is 9.77. The normalized spacial score (nSPS) is 27.1. The Morgan fingerprint density at radius 2 is 1.31 bits per heavy atom. The molecule has 0 saturated heterocycles. The lowest BCUT2D eigenvalue weighted by Crippen LogP contribution is -2.58. The van der Waals surface area contributed by atoms with Gasteiger partial charge in [-0.05, 0) is 60.3 Å². The largest absolute Gasteiger partial charge is 0.387 e. The van der Waals surface area contributed by atoms with Crippen LogP contribution in [-0.2, 0) is 20.4 Å². The maximum absolute atomic E-state index is 14.9. The number of aliphatic hydroxyl groups is 1. The number of aryl methyl sites for hydroxylation is 2. The number of hydrogen-bond acceptors (Lipinski definition) is 4. The van der Waals surface area contributed by atoms with E-state index in [0.717, 1.165) is 57.8 Å². The molecule has 0 bridgehead atoms. The highest BCUT2D eigenvalue weighted by Crippen LogP contribution is 2.68. The Kier molecular flexibility index (Phi) is 5.79. The lowest BCUT2D eigenvalue weighted by Gasteiger charge is -2.45. The molecule has 3 aromatic carbocycles. The highest BCUT2D eigenvalue weighted by molar-refractivity contribution is 6.15. The molecule has 0 radical (unpaired) electrons. The highest BCUT2D eigenvalue weighted by atomic mass is 16.3. The summed E-state index contributed by atoms with van der Waals surface area (Å²) >= 11 is 0. The molecule has 0 saturated carbocycles. The summed E-state index contributed by atoms with van der Waals surface area (Å²) < 4.78 is 0. The van der Waals surface area contributed by atoms with Crippen molar-refractivity contribution in [1.82, 2.24) is 4.90 Å². The SMILES string of the molecule is CCN(CC)C[C@@]1([C@H]2c3ccccc3[C@@H](O)[C@]23C(=O)N(C)c2c(C)cccc23)C(=O)N(C)c2c(C)cccc21. The number of benzene rings is 3. The van der Waals surface area contributed by atoms with Crippen LogP contribution < -0.4 is 9.80 Å². The Morgan fingerprint density at radius 1 is 0.769 bits per heavy atom. The smallest absolute Gasteiger partial charge is 0.241 e. The van der Waals surface area contributed by atoms with E-state index in [9.17, 15) is 14.7 Å².